The zero-order chi connectivity index (χ0) is 16.9. The van der Waals surface area contributed by atoms with E-state index in [9.17, 15) is 4.79 Å². The Morgan fingerprint density at radius 2 is 2.00 bits per heavy atom. The summed E-state index contributed by atoms with van der Waals surface area (Å²) in [6.45, 7) is 3.41. The van der Waals surface area contributed by atoms with Gasteiger partial charge in [-0.05, 0) is 39.7 Å². The fourth-order valence-corrected chi connectivity index (χ4v) is 3.35. The molecule has 1 atom stereocenters. The Hall–Kier alpha value is -1.34. The van der Waals surface area contributed by atoms with Crippen molar-refractivity contribution in [1.82, 2.24) is 10.2 Å². The number of hydrogen-bond acceptors (Lipinski definition) is 4. The van der Waals surface area contributed by atoms with Crippen molar-refractivity contribution in [3.8, 4) is 0 Å². The summed E-state index contributed by atoms with van der Waals surface area (Å²) in [6, 6.07) is 11.1. The zero-order valence-corrected chi connectivity index (χ0v) is 15.3. The Balaban J connectivity index is 1.74. The van der Waals surface area contributed by atoms with Gasteiger partial charge in [0.2, 0.25) is 0 Å². The molecule has 1 aromatic heterocycles. The number of carbonyl (C=O) groups excluding carboxylic acids is 1. The number of carbonyl (C=O) groups is 1. The molecule has 5 nitrogen and oxygen atoms in total. The van der Waals surface area contributed by atoms with Crippen LogP contribution in [0.15, 0.2) is 45.5 Å². The van der Waals surface area contributed by atoms with Crippen molar-refractivity contribution < 1.29 is 13.9 Å². The minimum Gasteiger partial charge on any atom is -0.444 e. The number of halogens is 2. The number of rotatable bonds is 5. The molecule has 1 aliphatic heterocycles. The van der Waals surface area contributed by atoms with Crippen LogP contribution < -0.4 is 5.32 Å². The number of hydrogen-bond donors (Lipinski definition) is 1. The van der Waals surface area contributed by atoms with Gasteiger partial charge in [-0.1, -0.05) is 29.8 Å². The highest BCUT2D eigenvalue weighted by atomic mass is 79.9. The molecule has 3 rings (SSSR count). The summed E-state index contributed by atoms with van der Waals surface area (Å²) in [6.07, 6.45) is 0. The summed E-state index contributed by atoms with van der Waals surface area (Å²) in [5.41, 5.74) is 1.00. The van der Waals surface area contributed by atoms with Gasteiger partial charge in [0, 0.05) is 24.7 Å². The van der Waals surface area contributed by atoms with E-state index in [1.54, 1.807) is 12.1 Å². The van der Waals surface area contributed by atoms with Crippen LogP contribution in [-0.2, 0) is 4.74 Å². The average Bonchev–Trinajstić information content (AvgIpc) is 3.04. The summed E-state index contributed by atoms with van der Waals surface area (Å²) in [7, 11) is 0. The molecule has 0 aliphatic carbocycles. The lowest BCUT2D eigenvalue weighted by Crippen LogP contribution is -2.43. The smallest absolute Gasteiger partial charge is 0.287 e. The van der Waals surface area contributed by atoms with Crippen LogP contribution in [0.2, 0.25) is 5.02 Å². The van der Waals surface area contributed by atoms with Crippen LogP contribution in [0.1, 0.15) is 22.2 Å². The van der Waals surface area contributed by atoms with Gasteiger partial charge in [0.1, 0.15) is 0 Å². The van der Waals surface area contributed by atoms with Crippen molar-refractivity contribution in [2.24, 2.45) is 0 Å². The zero-order valence-electron chi connectivity index (χ0n) is 13.0. The first-order valence-electron chi connectivity index (χ1n) is 7.75. The van der Waals surface area contributed by atoms with Crippen molar-refractivity contribution in [2.75, 3.05) is 32.8 Å². The molecule has 0 radical (unpaired) electrons. The van der Waals surface area contributed by atoms with Gasteiger partial charge >= 0.3 is 0 Å². The maximum Gasteiger partial charge on any atom is 0.287 e. The maximum absolute atomic E-state index is 12.3. The highest BCUT2D eigenvalue weighted by molar-refractivity contribution is 9.10. The molecule has 24 heavy (non-hydrogen) atoms. The quantitative estimate of drug-likeness (QED) is 0.815. The van der Waals surface area contributed by atoms with Crippen LogP contribution in [0.4, 0.5) is 0 Å². The lowest BCUT2D eigenvalue weighted by molar-refractivity contribution is 0.0162. The molecule has 1 N–H and O–H groups in total. The fourth-order valence-electron chi connectivity index (χ4n) is 2.78. The predicted octanol–water partition coefficient (Wildman–Crippen LogP) is 3.50. The molecular formula is C17H18BrClN2O3. The van der Waals surface area contributed by atoms with Crippen LogP contribution in [0.3, 0.4) is 0 Å². The molecule has 1 aromatic carbocycles. The molecule has 0 saturated carbocycles. The van der Waals surface area contributed by atoms with Crippen LogP contribution in [0, 0.1) is 0 Å². The van der Waals surface area contributed by atoms with Gasteiger partial charge in [-0.2, -0.15) is 0 Å². The van der Waals surface area contributed by atoms with Gasteiger partial charge in [-0.3, -0.25) is 9.69 Å². The van der Waals surface area contributed by atoms with Crippen LogP contribution in [0.5, 0.6) is 0 Å². The number of morpholine rings is 1. The number of nitrogens with one attached hydrogen (secondary N) is 1. The second-order valence-corrected chi connectivity index (χ2v) is 6.69. The van der Waals surface area contributed by atoms with Gasteiger partial charge in [-0.25, -0.2) is 0 Å². The topological polar surface area (TPSA) is 54.7 Å². The van der Waals surface area contributed by atoms with E-state index in [1.165, 1.54) is 0 Å². The highest BCUT2D eigenvalue weighted by Gasteiger charge is 2.25. The van der Waals surface area contributed by atoms with Crippen molar-refractivity contribution in [3.05, 3.63) is 57.4 Å². The van der Waals surface area contributed by atoms with Gasteiger partial charge < -0.3 is 14.5 Å². The molecule has 128 valence electrons. The summed E-state index contributed by atoms with van der Waals surface area (Å²) < 4.78 is 11.3. The normalized spacial score (nSPS) is 16.8. The lowest BCUT2D eigenvalue weighted by Gasteiger charge is -2.35. The molecule has 0 unspecified atom stereocenters. The largest absolute Gasteiger partial charge is 0.444 e. The van der Waals surface area contributed by atoms with Gasteiger partial charge in [0.25, 0.3) is 5.91 Å². The van der Waals surface area contributed by atoms with E-state index in [4.69, 9.17) is 20.8 Å². The molecule has 2 heterocycles. The molecule has 7 heteroatoms. The van der Waals surface area contributed by atoms with Crippen molar-refractivity contribution in [3.63, 3.8) is 0 Å². The van der Waals surface area contributed by atoms with Crippen LogP contribution in [0.25, 0.3) is 0 Å². The SMILES string of the molecule is O=C(NC[C@H](c1ccccc1Cl)N1CCOCC1)c1ccc(Br)o1. The van der Waals surface area contributed by atoms with E-state index in [0.717, 1.165) is 18.7 Å². The molecule has 0 bridgehead atoms. The Kier molecular flexibility index (Phi) is 5.94. The van der Waals surface area contributed by atoms with E-state index in [-0.39, 0.29) is 17.7 Å². The second-order valence-electron chi connectivity index (χ2n) is 5.50. The van der Waals surface area contributed by atoms with Gasteiger partial charge in [-0.15, -0.1) is 0 Å². The molecule has 2 aromatic rings. The number of nitrogens with zero attached hydrogens (tertiary/aromatic N) is 1. The molecule has 1 amide bonds. The Bertz CT molecular complexity index is 701. The Morgan fingerprint density at radius 3 is 2.67 bits per heavy atom. The third-order valence-corrected chi connectivity index (χ3v) is 4.77. The van der Waals surface area contributed by atoms with E-state index >= 15 is 0 Å². The summed E-state index contributed by atoms with van der Waals surface area (Å²) >= 11 is 9.58. The molecular weight excluding hydrogens is 396 g/mol. The molecule has 1 aliphatic rings. The maximum atomic E-state index is 12.3. The van der Waals surface area contributed by atoms with Gasteiger partial charge in [0.05, 0.1) is 19.3 Å². The second kappa shape index (κ2) is 8.16. The van der Waals surface area contributed by atoms with Gasteiger partial charge in [0.15, 0.2) is 10.4 Å². The first-order valence-corrected chi connectivity index (χ1v) is 8.92. The first kappa shape index (κ1) is 17.5. The van der Waals surface area contributed by atoms with Crippen LogP contribution >= 0.6 is 27.5 Å². The minimum atomic E-state index is -0.244. The van der Waals surface area contributed by atoms with E-state index in [1.807, 2.05) is 24.3 Å². The van der Waals surface area contributed by atoms with Crippen molar-refractivity contribution in [1.29, 1.82) is 0 Å². The third-order valence-electron chi connectivity index (χ3n) is 4.00. The number of furan rings is 1. The predicted molar refractivity (Wildman–Crippen MR) is 95.3 cm³/mol. The van der Waals surface area contributed by atoms with Crippen molar-refractivity contribution >= 4 is 33.4 Å². The number of benzene rings is 1. The molecule has 1 fully saturated rings. The summed E-state index contributed by atoms with van der Waals surface area (Å²) in [5, 5.41) is 3.64. The number of amides is 1. The monoisotopic (exact) mass is 412 g/mol. The van der Waals surface area contributed by atoms with E-state index in [2.05, 4.69) is 26.1 Å². The number of ether oxygens (including phenoxy) is 1. The first-order chi connectivity index (χ1) is 11.6. The minimum absolute atomic E-state index is 0.00930. The average molecular weight is 414 g/mol. The van der Waals surface area contributed by atoms with Crippen molar-refractivity contribution in [2.45, 2.75) is 6.04 Å². The Morgan fingerprint density at radius 1 is 1.25 bits per heavy atom. The summed E-state index contributed by atoms with van der Waals surface area (Å²) in [4.78, 5) is 14.5. The highest BCUT2D eigenvalue weighted by Crippen LogP contribution is 2.28. The third kappa shape index (κ3) is 4.19. The van der Waals surface area contributed by atoms with E-state index < -0.39 is 0 Å². The van der Waals surface area contributed by atoms with E-state index in [0.29, 0.717) is 29.5 Å². The Labute approximate surface area is 154 Å². The summed E-state index contributed by atoms with van der Waals surface area (Å²) in [5.74, 6) is 0.0350. The standard InChI is InChI=1S/C17H18BrClN2O3/c18-16-6-5-15(24-16)17(22)20-11-14(21-7-9-23-10-8-21)12-3-1-2-4-13(12)19/h1-6,14H,7-11H2,(H,20,22)/t14-/m1/s1. The molecule has 0 spiro atoms. The fraction of sp³-hybridized carbons (Fsp3) is 0.353. The lowest BCUT2D eigenvalue weighted by atomic mass is 10.0. The molecule has 1 saturated heterocycles. The van der Waals surface area contributed by atoms with Crippen LogP contribution in [-0.4, -0.2) is 43.7 Å².